The summed E-state index contributed by atoms with van der Waals surface area (Å²) in [6.07, 6.45) is 2.09. The first-order chi connectivity index (χ1) is 15.4. The maximum atomic E-state index is 13.5. The van der Waals surface area contributed by atoms with Crippen molar-refractivity contribution in [2.45, 2.75) is 6.92 Å². The smallest absolute Gasteiger partial charge is 0.168 e. The van der Waals surface area contributed by atoms with Gasteiger partial charge in [-0.05, 0) is 60.0 Å². The Labute approximate surface area is 188 Å². The molecule has 0 aliphatic carbocycles. The zero-order valence-corrected chi connectivity index (χ0v) is 19.3. The number of halogens is 1. The van der Waals surface area contributed by atoms with Crippen molar-refractivity contribution in [3.63, 3.8) is 0 Å². The molecule has 0 heterocycles. The van der Waals surface area contributed by atoms with Crippen LogP contribution in [0, 0.1) is 5.82 Å². The summed E-state index contributed by atoms with van der Waals surface area (Å²) < 4.78 is 35.6. The average molecular weight is 439 g/mol. The minimum absolute atomic E-state index is 0.288. The number of quaternary nitrogens is 1. The molecule has 0 aliphatic heterocycles. The van der Waals surface area contributed by atoms with Gasteiger partial charge in [-0.25, -0.2) is 4.39 Å². The summed E-state index contributed by atoms with van der Waals surface area (Å²) >= 11 is 0. The van der Waals surface area contributed by atoms with Crippen molar-refractivity contribution < 1.29 is 28.7 Å². The van der Waals surface area contributed by atoms with Gasteiger partial charge in [0.25, 0.3) is 0 Å². The number of nitrogens with two attached hydrogens (primary N) is 1. The molecule has 0 atom stereocenters. The van der Waals surface area contributed by atoms with E-state index in [9.17, 15) is 4.39 Å². The number of rotatable bonds is 8. The van der Waals surface area contributed by atoms with Crippen molar-refractivity contribution in [2.24, 2.45) is 0 Å². The van der Waals surface area contributed by atoms with Gasteiger partial charge < -0.3 is 24.3 Å². The van der Waals surface area contributed by atoms with Gasteiger partial charge in [-0.1, -0.05) is 12.1 Å². The molecule has 0 amide bonds. The van der Waals surface area contributed by atoms with Crippen LogP contribution in [-0.4, -0.2) is 35.5 Å². The fraction of sp³-hybridized carbons (Fsp3) is 0.231. The van der Waals surface area contributed by atoms with E-state index in [1.54, 1.807) is 40.6 Å². The molecule has 0 saturated carbocycles. The lowest BCUT2D eigenvalue weighted by atomic mass is 9.96. The van der Waals surface area contributed by atoms with E-state index in [0.29, 0.717) is 23.0 Å². The Morgan fingerprint density at radius 3 is 2.00 bits per heavy atom. The van der Waals surface area contributed by atoms with Crippen LogP contribution < -0.4 is 24.3 Å². The van der Waals surface area contributed by atoms with Gasteiger partial charge in [0.15, 0.2) is 23.0 Å². The summed E-state index contributed by atoms with van der Waals surface area (Å²) in [5.74, 6) is 2.26. The zero-order chi connectivity index (χ0) is 23.3. The highest BCUT2D eigenvalue weighted by Gasteiger charge is 2.17. The lowest BCUT2D eigenvalue weighted by molar-refractivity contribution is -0.539. The van der Waals surface area contributed by atoms with Crippen LogP contribution in [0.15, 0.2) is 48.5 Å². The van der Waals surface area contributed by atoms with Crippen molar-refractivity contribution >= 4 is 17.3 Å². The van der Waals surface area contributed by atoms with Crippen LogP contribution in [0.5, 0.6) is 23.0 Å². The highest BCUT2D eigenvalue weighted by atomic mass is 19.1. The standard InChI is InChI=1S/C26H28FNO4/c1-16(11-19-14-23(29-3)24(30-4)15-22(19)28-2)18-12-21(17-7-9-20(27)10-8-17)26(32-6)25(13-18)31-5/h7-15,28H,1-6H3/p+1/b16-11+. The van der Waals surface area contributed by atoms with Gasteiger partial charge in [-0.15, -0.1) is 0 Å². The molecular weight excluding hydrogens is 409 g/mol. The lowest BCUT2D eigenvalue weighted by Gasteiger charge is -2.16. The first-order valence-corrected chi connectivity index (χ1v) is 10.2. The van der Waals surface area contributed by atoms with E-state index in [1.807, 2.05) is 43.6 Å². The normalized spacial score (nSPS) is 11.3. The highest BCUT2D eigenvalue weighted by molar-refractivity contribution is 5.87. The van der Waals surface area contributed by atoms with Crippen LogP contribution in [-0.2, 0) is 0 Å². The van der Waals surface area contributed by atoms with Gasteiger partial charge in [0.05, 0.1) is 35.5 Å². The predicted octanol–water partition coefficient (Wildman–Crippen LogP) is 4.91. The Balaban J connectivity index is 2.16. The third-order valence-corrected chi connectivity index (χ3v) is 5.36. The molecule has 0 aromatic heterocycles. The molecule has 3 aromatic carbocycles. The number of allylic oxidation sites excluding steroid dienone is 1. The monoisotopic (exact) mass is 438 g/mol. The Bertz CT molecular complexity index is 1120. The molecule has 5 nitrogen and oxygen atoms in total. The molecule has 168 valence electrons. The van der Waals surface area contributed by atoms with Gasteiger partial charge in [-0.2, -0.15) is 0 Å². The summed E-state index contributed by atoms with van der Waals surface area (Å²) in [6.45, 7) is 2.03. The van der Waals surface area contributed by atoms with E-state index in [2.05, 4.69) is 6.08 Å². The minimum Gasteiger partial charge on any atom is -0.493 e. The van der Waals surface area contributed by atoms with Crippen LogP contribution >= 0.6 is 0 Å². The van der Waals surface area contributed by atoms with Gasteiger partial charge in [0.2, 0.25) is 0 Å². The Morgan fingerprint density at radius 2 is 1.44 bits per heavy atom. The number of methoxy groups -OCH3 is 4. The predicted molar refractivity (Wildman–Crippen MR) is 126 cm³/mol. The van der Waals surface area contributed by atoms with Crippen LogP contribution in [0.3, 0.4) is 0 Å². The zero-order valence-electron chi connectivity index (χ0n) is 19.3. The van der Waals surface area contributed by atoms with Gasteiger partial charge in [0, 0.05) is 17.2 Å². The molecule has 32 heavy (non-hydrogen) atoms. The van der Waals surface area contributed by atoms with E-state index in [0.717, 1.165) is 33.5 Å². The number of ether oxygens (including phenoxy) is 4. The molecule has 0 unspecified atom stereocenters. The van der Waals surface area contributed by atoms with E-state index >= 15 is 0 Å². The number of benzene rings is 3. The largest absolute Gasteiger partial charge is 0.493 e. The fourth-order valence-corrected chi connectivity index (χ4v) is 3.64. The fourth-order valence-electron chi connectivity index (χ4n) is 3.64. The van der Waals surface area contributed by atoms with Gasteiger partial charge in [0.1, 0.15) is 11.5 Å². The SMILES string of the molecule is C[NH2+]c1cc(OC)c(OC)cc1/C=C(\C)c1cc(OC)c(OC)c(-c2ccc(F)cc2)c1. The van der Waals surface area contributed by atoms with Gasteiger partial charge >= 0.3 is 0 Å². The molecule has 3 rings (SSSR count). The summed E-state index contributed by atoms with van der Waals surface area (Å²) in [5.41, 5.74) is 5.67. The summed E-state index contributed by atoms with van der Waals surface area (Å²) in [6, 6.07) is 14.2. The van der Waals surface area contributed by atoms with Crippen molar-refractivity contribution in [1.29, 1.82) is 0 Å². The van der Waals surface area contributed by atoms with Crippen molar-refractivity contribution in [2.75, 3.05) is 35.5 Å². The third kappa shape index (κ3) is 4.70. The quantitative estimate of drug-likeness (QED) is 0.401. The maximum Gasteiger partial charge on any atom is 0.168 e. The molecule has 0 bridgehead atoms. The van der Waals surface area contributed by atoms with E-state index < -0.39 is 0 Å². The molecule has 0 radical (unpaired) electrons. The van der Waals surface area contributed by atoms with Crippen molar-refractivity contribution in [3.05, 3.63) is 65.5 Å². The van der Waals surface area contributed by atoms with Crippen LogP contribution in [0.4, 0.5) is 10.1 Å². The first-order valence-electron chi connectivity index (χ1n) is 10.2. The van der Waals surface area contributed by atoms with Crippen molar-refractivity contribution in [3.8, 4) is 34.1 Å². The Hall–Kier alpha value is -3.51. The van der Waals surface area contributed by atoms with Crippen molar-refractivity contribution in [1.82, 2.24) is 0 Å². The maximum absolute atomic E-state index is 13.5. The number of hydrogen-bond acceptors (Lipinski definition) is 4. The Kier molecular flexibility index (Phi) is 7.38. The third-order valence-electron chi connectivity index (χ3n) is 5.36. The molecular formula is C26H29FNO4+. The molecule has 0 aliphatic rings. The molecule has 3 aromatic rings. The second kappa shape index (κ2) is 10.2. The number of hydrogen-bond donors (Lipinski definition) is 1. The second-order valence-electron chi connectivity index (χ2n) is 7.22. The minimum atomic E-state index is -0.288. The molecule has 0 spiro atoms. The van der Waals surface area contributed by atoms with E-state index in [1.165, 1.54) is 12.1 Å². The van der Waals surface area contributed by atoms with Crippen LogP contribution in [0.2, 0.25) is 0 Å². The lowest BCUT2D eigenvalue weighted by Crippen LogP contribution is -2.73. The van der Waals surface area contributed by atoms with E-state index in [-0.39, 0.29) is 5.82 Å². The average Bonchev–Trinajstić information content (AvgIpc) is 2.83. The molecule has 6 heteroatoms. The van der Waals surface area contributed by atoms with Gasteiger partial charge in [-0.3, -0.25) is 0 Å². The summed E-state index contributed by atoms with van der Waals surface area (Å²) in [7, 11) is 8.43. The van der Waals surface area contributed by atoms with E-state index in [4.69, 9.17) is 18.9 Å². The molecule has 2 N–H and O–H groups in total. The summed E-state index contributed by atoms with van der Waals surface area (Å²) in [5, 5.41) is 2.03. The topological polar surface area (TPSA) is 53.5 Å². The molecule has 0 fully saturated rings. The molecule has 0 saturated heterocycles. The highest BCUT2D eigenvalue weighted by Crippen LogP contribution is 2.41. The first kappa shape index (κ1) is 23.2. The summed E-state index contributed by atoms with van der Waals surface area (Å²) in [4.78, 5) is 0. The van der Waals surface area contributed by atoms with Crippen LogP contribution in [0.25, 0.3) is 22.8 Å². The second-order valence-corrected chi connectivity index (χ2v) is 7.22. The Morgan fingerprint density at radius 1 is 0.812 bits per heavy atom. The van der Waals surface area contributed by atoms with Crippen LogP contribution in [0.1, 0.15) is 18.1 Å².